The number of hydrogen-bond acceptors (Lipinski definition) is 6. The Bertz CT molecular complexity index is 628. The summed E-state index contributed by atoms with van der Waals surface area (Å²) in [7, 11) is 0. The lowest BCUT2D eigenvalue weighted by Gasteiger charge is -1.85. The normalized spacial score (nSPS) is 6.12. The Morgan fingerprint density at radius 3 is 0.735 bits per heavy atom. The third-order valence-electron chi connectivity index (χ3n) is 1.93. The van der Waals surface area contributed by atoms with Crippen LogP contribution in [-0.2, 0) is 0 Å². The van der Waals surface area contributed by atoms with E-state index in [4.69, 9.17) is 30.0 Å². The molecule has 0 unspecified atom stereocenters. The van der Waals surface area contributed by atoms with E-state index in [0.29, 0.717) is 0 Å². The van der Waals surface area contributed by atoms with Gasteiger partial charge in [0.05, 0.1) is 9.85 Å². The highest BCUT2D eigenvalue weighted by atomic mass is 16.6. The second kappa shape index (κ2) is 39.3. The van der Waals surface area contributed by atoms with Crippen LogP contribution in [0.2, 0.25) is 0 Å². The Morgan fingerprint density at radius 2 is 0.647 bits per heavy atom. The molecule has 0 atom stereocenters. The summed E-state index contributed by atoms with van der Waals surface area (Å²) in [6, 6.07) is 15.9. The number of nitrogens with zero attached hydrogens (tertiary/aromatic N) is 2. The summed E-state index contributed by atoms with van der Waals surface area (Å²) in [6.07, 6.45) is -3.67. The Balaban J connectivity index is -0.0000000276. The van der Waals surface area contributed by atoms with Crippen molar-refractivity contribution in [1.82, 2.24) is 0 Å². The molecule has 2 rings (SSSR count). The SMILES string of the molecule is C.C.C.C.C.C.C.C.O=C(O)O.O=C(O)O.O=[N+]([O-])c1ccccc1.O=[N+]([O-])c1ccccc1. The van der Waals surface area contributed by atoms with Crippen molar-refractivity contribution in [1.29, 1.82) is 0 Å². The van der Waals surface area contributed by atoms with Gasteiger partial charge in [-0.15, -0.1) is 0 Å². The topological polar surface area (TPSA) is 201 Å². The number of carbonyl (C=O) groups is 2. The highest BCUT2D eigenvalue weighted by Crippen LogP contribution is 2.07. The van der Waals surface area contributed by atoms with Crippen LogP contribution in [0.3, 0.4) is 0 Å². The van der Waals surface area contributed by atoms with Crippen molar-refractivity contribution >= 4 is 23.7 Å². The van der Waals surface area contributed by atoms with E-state index < -0.39 is 22.2 Å². The lowest BCUT2D eigenvalue weighted by atomic mass is 10.3. The largest absolute Gasteiger partial charge is 0.503 e. The van der Waals surface area contributed by atoms with Crippen molar-refractivity contribution < 1.29 is 39.9 Å². The number of hydrogen-bond donors (Lipinski definition) is 4. The summed E-state index contributed by atoms with van der Waals surface area (Å²) in [5.41, 5.74) is 0.273. The molecule has 12 nitrogen and oxygen atoms in total. The molecule has 204 valence electrons. The number of nitro groups is 2. The van der Waals surface area contributed by atoms with Gasteiger partial charge in [0.1, 0.15) is 0 Å². The average Bonchev–Trinajstić information content (AvgIpc) is 2.56. The first kappa shape index (κ1) is 63.0. The van der Waals surface area contributed by atoms with Gasteiger partial charge in [0, 0.05) is 24.3 Å². The highest BCUT2D eigenvalue weighted by molar-refractivity contribution is 5.53. The molecule has 0 aliphatic heterocycles. The van der Waals surface area contributed by atoms with Gasteiger partial charge in [-0.2, -0.15) is 0 Å². The Morgan fingerprint density at radius 1 is 0.500 bits per heavy atom. The number of rotatable bonds is 2. The molecule has 0 heterocycles. The van der Waals surface area contributed by atoms with Gasteiger partial charge in [-0.25, -0.2) is 9.59 Å². The summed E-state index contributed by atoms with van der Waals surface area (Å²) in [4.78, 5) is 36.3. The molecule has 4 N–H and O–H groups in total. The van der Waals surface area contributed by atoms with Gasteiger partial charge < -0.3 is 20.4 Å². The lowest BCUT2D eigenvalue weighted by molar-refractivity contribution is -0.385. The number of non-ortho nitro benzene ring substituents is 2. The third-order valence-corrected chi connectivity index (χ3v) is 1.93. The molecule has 0 aliphatic carbocycles. The minimum atomic E-state index is -1.83. The summed E-state index contributed by atoms with van der Waals surface area (Å²) < 4.78 is 0. The second-order valence-electron chi connectivity index (χ2n) is 3.75. The first-order valence-electron chi connectivity index (χ1n) is 6.30. The molecule has 34 heavy (non-hydrogen) atoms. The molecule has 0 radical (unpaired) electrons. The van der Waals surface area contributed by atoms with Gasteiger partial charge >= 0.3 is 12.3 Å². The molecule has 0 saturated heterocycles. The maximum absolute atomic E-state index is 10.0. The van der Waals surface area contributed by atoms with Crippen LogP contribution in [0.1, 0.15) is 59.4 Å². The van der Waals surface area contributed by atoms with Gasteiger partial charge in [-0.3, -0.25) is 20.2 Å². The van der Waals surface area contributed by atoms with Gasteiger partial charge in [-0.1, -0.05) is 95.8 Å². The van der Waals surface area contributed by atoms with Crippen LogP contribution in [-0.4, -0.2) is 42.6 Å². The van der Waals surface area contributed by atoms with Crippen LogP contribution >= 0.6 is 0 Å². The van der Waals surface area contributed by atoms with Crippen molar-refractivity contribution in [2.24, 2.45) is 0 Å². The van der Waals surface area contributed by atoms with Crippen LogP contribution in [0.25, 0.3) is 0 Å². The zero-order valence-corrected chi connectivity index (χ0v) is 12.9. The van der Waals surface area contributed by atoms with E-state index >= 15 is 0 Å². The molecule has 0 spiro atoms. The monoisotopic (exact) mass is 498 g/mol. The first-order valence-corrected chi connectivity index (χ1v) is 6.30. The molecule has 2 aromatic carbocycles. The smallest absolute Gasteiger partial charge is 0.450 e. The zero-order valence-electron chi connectivity index (χ0n) is 12.9. The van der Waals surface area contributed by atoms with Crippen molar-refractivity contribution in [3.05, 3.63) is 80.9 Å². The molecule has 0 saturated carbocycles. The molecule has 0 aromatic heterocycles. The summed E-state index contributed by atoms with van der Waals surface area (Å²) in [5, 5.41) is 47.9. The average molecular weight is 499 g/mol. The molecule has 0 fully saturated rings. The fraction of sp³-hybridized carbons (Fsp3) is 0.364. The third kappa shape index (κ3) is 50.9. The fourth-order valence-corrected chi connectivity index (χ4v) is 1.10. The van der Waals surface area contributed by atoms with Crippen molar-refractivity contribution in [2.45, 2.75) is 59.4 Å². The maximum Gasteiger partial charge on any atom is 0.503 e. The number of nitro benzene ring substituents is 2. The maximum atomic E-state index is 10.0. The molecule has 2 aromatic rings. The number of carboxylic acid groups (broad SMARTS) is 4. The van der Waals surface area contributed by atoms with E-state index in [-0.39, 0.29) is 70.8 Å². The Kier molecular flexibility index (Phi) is 72.8. The predicted octanol–water partition coefficient (Wildman–Crippen LogP) is 8.72. The standard InChI is InChI=1S/2C6H5NO2.2CH2O3.8CH4/c2*8-7(9)6-4-2-1-3-5-6;2*2-1(3)4;;;;;;;;/h2*1-5H;2*(H2,2,3,4);8*1H4. The lowest BCUT2D eigenvalue weighted by Crippen LogP contribution is -1.84. The van der Waals surface area contributed by atoms with Crippen LogP contribution < -0.4 is 0 Å². The van der Waals surface area contributed by atoms with Gasteiger partial charge in [-0.05, 0) is 0 Å². The number of benzene rings is 2. The van der Waals surface area contributed by atoms with E-state index in [1.807, 2.05) is 0 Å². The van der Waals surface area contributed by atoms with E-state index in [0.717, 1.165) is 0 Å². The van der Waals surface area contributed by atoms with Gasteiger partial charge in [0.15, 0.2) is 0 Å². The van der Waals surface area contributed by atoms with E-state index in [9.17, 15) is 20.2 Å². The fourth-order valence-electron chi connectivity index (χ4n) is 1.10. The minimum absolute atomic E-state index is 0. The summed E-state index contributed by atoms with van der Waals surface area (Å²) in [5.74, 6) is 0. The quantitative estimate of drug-likeness (QED) is 0.229. The molecule has 0 amide bonds. The first-order chi connectivity index (χ1) is 12.1. The molecule has 0 bridgehead atoms. The Hall–Kier alpha value is -4.22. The highest BCUT2D eigenvalue weighted by Gasteiger charge is 1.99. The van der Waals surface area contributed by atoms with Crippen LogP contribution in [0.4, 0.5) is 21.0 Å². The van der Waals surface area contributed by atoms with E-state index in [2.05, 4.69) is 0 Å². The van der Waals surface area contributed by atoms with Gasteiger partial charge in [0.2, 0.25) is 0 Å². The second-order valence-corrected chi connectivity index (χ2v) is 3.75. The molecular formula is C22H46N2O10. The van der Waals surface area contributed by atoms with Crippen LogP contribution in [0.5, 0.6) is 0 Å². The van der Waals surface area contributed by atoms with Gasteiger partial charge in [0.25, 0.3) is 11.4 Å². The number of para-hydroxylation sites is 2. The Labute approximate surface area is 204 Å². The summed E-state index contributed by atoms with van der Waals surface area (Å²) in [6.45, 7) is 0. The zero-order chi connectivity index (χ0) is 20.5. The molecular weight excluding hydrogens is 452 g/mol. The van der Waals surface area contributed by atoms with E-state index in [1.54, 1.807) is 36.4 Å². The van der Waals surface area contributed by atoms with Crippen LogP contribution in [0.15, 0.2) is 60.7 Å². The van der Waals surface area contributed by atoms with E-state index in [1.165, 1.54) is 24.3 Å². The predicted molar refractivity (Wildman–Crippen MR) is 141 cm³/mol. The molecule has 0 aliphatic rings. The summed E-state index contributed by atoms with van der Waals surface area (Å²) >= 11 is 0. The van der Waals surface area contributed by atoms with Crippen molar-refractivity contribution in [3.63, 3.8) is 0 Å². The minimum Gasteiger partial charge on any atom is -0.450 e. The van der Waals surface area contributed by atoms with Crippen molar-refractivity contribution in [2.75, 3.05) is 0 Å². The van der Waals surface area contributed by atoms with Crippen LogP contribution in [0, 0.1) is 20.2 Å². The molecule has 12 heteroatoms. The van der Waals surface area contributed by atoms with Crippen molar-refractivity contribution in [3.8, 4) is 0 Å².